The molecular weight excluding hydrogens is 257 g/mol. The van der Waals surface area contributed by atoms with E-state index in [4.69, 9.17) is 15.9 Å². The van der Waals surface area contributed by atoms with Crippen LogP contribution in [0, 0.1) is 32.0 Å². The molecule has 0 saturated carbocycles. The molecule has 20 heavy (non-hydrogen) atoms. The molecule has 0 aliphatic carbocycles. The summed E-state index contributed by atoms with van der Waals surface area (Å²) in [5.74, 6) is -0.409. The number of pyridine rings is 1. The molecule has 0 radical (unpaired) electrons. The number of aromatic nitrogens is 1. The highest BCUT2D eigenvalue weighted by Gasteiger charge is 2.15. The number of hydrogen-bond acceptors (Lipinski definition) is 3. The molecule has 5 heteroatoms. The summed E-state index contributed by atoms with van der Waals surface area (Å²) < 4.78 is 19.3. The summed E-state index contributed by atoms with van der Waals surface area (Å²) in [6.45, 7) is 5.45. The summed E-state index contributed by atoms with van der Waals surface area (Å²) in [5, 5.41) is 7.61. The predicted octanol–water partition coefficient (Wildman–Crippen LogP) is 3.22. The van der Waals surface area contributed by atoms with E-state index < -0.39 is 5.82 Å². The van der Waals surface area contributed by atoms with Crippen molar-refractivity contribution in [3.8, 4) is 11.6 Å². The van der Waals surface area contributed by atoms with Crippen LogP contribution in [0.4, 0.5) is 4.39 Å². The molecule has 4 nitrogen and oxygen atoms in total. The highest BCUT2D eigenvalue weighted by Crippen LogP contribution is 2.28. The molecule has 2 rings (SSSR count). The molecule has 2 aromatic rings. The van der Waals surface area contributed by atoms with E-state index in [2.05, 4.69) is 4.98 Å². The summed E-state index contributed by atoms with van der Waals surface area (Å²) in [6.07, 6.45) is 0. The average Bonchev–Trinajstić information content (AvgIpc) is 2.32. The van der Waals surface area contributed by atoms with E-state index in [1.807, 2.05) is 13.8 Å². The Labute approximate surface area is 116 Å². The number of amidine groups is 1. The minimum Gasteiger partial charge on any atom is -0.435 e. The van der Waals surface area contributed by atoms with Gasteiger partial charge in [0.1, 0.15) is 5.84 Å². The van der Waals surface area contributed by atoms with E-state index in [1.54, 1.807) is 25.1 Å². The van der Waals surface area contributed by atoms with E-state index in [0.29, 0.717) is 5.56 Å². The summed E-state index contributed by atoms with van der Waals surface area (Å²) >= 11 is 0. The smallest absolute Gasteiger partial charge is 0.230 e. The van der Waals surface area contributed by atoms with Gasteiger partial charge in [0.2, 0.25) is 5.88 Å². The number of nitrogens with two attached hydrogens (primary N) is 1. The second-order valence-corrected chi connectivity index (χ2v) is 4.71. The second-order valence-electron chi connectivity index (χ2n) is 4.71. The van der Waals surface area contributed by atoms with Gasteiger partial charge in [0.25, 0.3) is 0 Å². The van der Waals surface area contributed by atoms with Gasteiger partial charge in [-0.05, 0) is 50.1 Å². The van der Waals surface area contributed by atoms with Crippen molar-refractivity contribution in [1.29, 1.82) is 5.41 Å². The van der Waals surface area contributed by atoms with Gasteiger partial charge >= 0.3 is 0 Å². The van der Waals surface area contributed by atoms with Crippen molar-refractivity contribution in [3.63, 3.8) is 0 Å². The Morgan fingerprint density at radius 3 is 2.60 bits per heavy atom. The quantitative estimate of drug-likeness (QED) is 0.666. The van der Waals surface area contributed by atoms with Crippen molar-refractivity contribution in [2.24, 2.45) is 5.73 Å². The van der Waals surface area contributed by atoms with Crippen LogP contribution in [-0.4, -0.2) is 10.8 Å². The Balaban J connectivity index is 2.53. The molecule has 0 atom stereocenters. The normalized spacial score (nSPS) is 10.4. The molecule has 0 amide bonds. The molecule has 0 spiro atoms. The first-order valence-electron chi connectivity index (χ1n) is 6.15. The van der Waals surface area contributed by atoms with Crippen molar-refractivity contribution >= 4 is 5.84 Å². The van der Waals surface area contributed by atoms with Gasteiger partial charge in [-0.2, -0.15) is 0 Å². The van der Waals surface area contributed by atoms with Crippen LogP contribution in [0.1, 0.15) is 22.4 Å². The van der Waals surface area contributed by atoms with E-state index in [1.165, 1.54) is 6.07 Å². The van der Waals surface area contributed by atoms with Crippen LogP contribution in [0.25, 0.3) is 0 Å². The lowest BCUT2D eigenvalue weighted by Crippen LogP contribution is -2.15. The van der Waals surface area contributed by atoms with E-state index in [9.17, 15) is 4.39 Å². The lowest BCUT2D eigenvalue weighted by atomic mass is 10.1. The summed E-state index contributed by atoms with van der Waals surface area (Å²) in [4.78, 5) is 4.21. The number of hydrogen-bond donors (Lipinski definition) is 2. The lowest BCUT2D eigenvalue weighted by molar-refractivity contribution is 0.425. The zero-order valence-corrected chi connectivity index (χ0v) is 11.6. The maximum Gasteiger partial charge on any atom is 0.230 e. The first-order valence-corrected chi connectivity index (χ1v) is 6.15. The fraction of sp³-hybridized carbons (Fsp3) is 0.200. The lowest BCUT2D eigenvalue weighted by Gasteiger charge is -2.13. The number of halogens is 1. The van der Waals surface area contributed by atoms with Crippen LogP contribution >= 0.6 is 0 Å². The number of nitrogen functional groups attached to an aromatic ring is 1. The molecular formula is C15H16FN3O. The molecule has 1 aromatic carbocycles. The maximum atomic E-state index is 13.8. The van der Waals surface area contributed by atoms with Gasteiger partial charge in [-0.25, -0.2) is 9.37 Å². The molecule has 1 aromatic heterocycles. The number of nitrogens with zero attached hydrogens (tertiary/aromatic N) is 1. The largest absolute Gasteiger partial charge is 0.435 e. The predicted molar refractivity (Wildman–Crippen MR) is 75.9 cm³/mol. The number of nitrogens with one attached hydrogen (secondary N) is 1. The second kappa shape index (κ2) is 5.28. The van der Waals surface area contributed by atoms with Gasteiger partial charge in [-0.1, -0.05) is 6.07 Å². The van der Waals surface area contributed by atoms with Crippen molar-refractivity contribution in [1.82, 2.24) is 4.98 Å². The Morgan fingerprint density at radius 2 is 1.95 bits per heavy atom. The summed E-state index contributed by atoms with van der Waals surface area (Å²) in [6, 6.07) is 6.37. The van der Waals surface area contributed by atoms with E-state index in [-0.39, 0.29) is 17.5 Å². The maximum absolute atomic E-state index is 13.8. The van der Waals surface area contributed by atoms with Crippen LogP contribution in [0.3, 0.4) is 0 Å². The van der Waals surface area contributed by atoms with Gasteiger partial charge in [0.05, 0.1) is 5.56 Å². The fourth-order valence-electron chi connectivity index (χ4n) is 2.00. The molecule has 104 valence electrons. The van der Waals surface area contributed by atoms with Gasteiger partial charge in [0.15, 0.2) is 11.6 Å². The number of ether oxygens (including phenoxy) is 1. The third-order valence-electron chi connectivity index (χ3n) is 2.87. The minimum atomic E-state index is -0.480. The molecule has 1 heterocycles. The third-order valence-corrected chi connectivity index (χ3v) is 2.87. The van der Waals surface area contributed by atoms with Crippen molar-refractivity contribution < 1.29 is 9.13 Å². The molecule has 0 saturated heterocycles. The van der Waals surface area contributed by atoms with Crippen LogP contribution in [0.2, 0.25) is 0 Å². The molecule has 0 aliphatic rings. The summed E-state index contributed by atoms with van der Waals surface area (Å²) in [5.41, 5.74) is 8.30. The van der Waals surface area contributed by atoms with Gasteiger partial charge in [-0.3, -0.25) is 5.41 Å². The summed E-state index contributed by atoms with van der Waals surface area (Å²) in [7, 11) is 0. The Bertz CT molecular complexity index is 683. The highest BCUT2D eigenvalue weighted by molar-refractivity contribution is 5.98. The van der Waals surface area contributed by atoms with Crippen LogP contribution < -0.4 is 10.5 Å². The number of aryl methyl sites for hydroxylation is 3. The first kappa shape index (κ1) is 14.0. The van der Waals surface area contributed by atoms with Crippen molar-refractivity contribution in [3.05, 3.63) is 52.5 Å². The van der Waals surface area contributed by atoms with E-state index in [0.717, 1.165) is 16.8 Å². The van der Waals surface area contributed by atoms with Crippen LogP contribution in [0.15, 0.2) is 24.3 Å². The highest BCUT2D eigenvalue weighted by atomic mass is 19.1. The standard InChI is InChI=1S/C15H16FN3O/c1-8-4-5-11(16)12(6-8)20-15-13(14(17)18)9(2)7-10(3)19-15/h4-7H,1-3H3,(H3,17,18). The fourth-order valence-corrected chi connectivity index (χ4v) is 2.00. The van der Waals surface area contributed by atoms with Gasteiger partial charge in [-0.15, -0.1) is 0 Å². The number of rotatable bonds is 3. The Morgan fingerprint density at radius 1 is 1.25 bits per heavy atom. The monoisotopic (exact) mass is 273 g/mol. The van der Waals surface area contributed by atoms with Gasteiger partial charge < -0.3 is 10.5 Å². The van der Waals surface area contributed by atoms with Crippen LogP contribution in [0.5, 0.6) is 11.6 Å². The number of benzene rings is 1. The third kappa shape index (κ3) is 2.77. The zero-order chi connectivity index (χ0) is 14.9. The molecule has 0 bridgehead atoms. The topological polar surface area (TPSA) is 72.0 Å². The Hall–Kier alpha value is -2.43. The minimum absolute atomic E-state index is 0.0741. The SMILES string of the molecule is Cc1ccc(F)c(Oc2nc(C)cc(C)c2C(=N)N)c1. The molecule has 3 N–H and O–H groups in total. The van der Waals surface area contributed by atoms with E-state index >= 15 is 0 Å². The average molecular weight is 273 g/mol. The molecule has 0 fully saturated rings. The molecule has 0 aliphatic heterocycles. The van der Waals surface area contributed by atoms with Crippen LogP contribution in [-0.2, 0) is 0 Å². The zero-order valence-electron chi connectivity index (χ0n) is 11.6. The van der Waals surface area contributed by atoms with Gasteiger partial charge in [0, 0.05) is 5.69 Å². The first-order chi connectivity index (χ1) is 9.38. The van der Waals surface area contributed by atoms with Crippen molar-refractivity contribution in [2.75, 3.05) is 0 Å². The molecule has 0 unspecified atom stereocenters. The van der Waals surface area contributed by atoms with Crippen molar-refractivity contribution in [2.45, 2.75) is 20.8 Å². The Kier molecular flexibility index (Phi) is 3.70.